The number of carbonyl (C=O) groups is 1. The average molecular weight is 317 g/mol. The predicted octanol–water partition coefficient (Wildman–Crippen LogP) is 2.63. The summed E-state index contributed by atoms with van der Waals surface area (Å²) < 4.78 is 12.8. The maximum Gasteiger partial charge on any atom is 0.254 e. The number of rotatable bonds is 8. The summed E-state index contributed by atoms with van der Waals surface area (Å²) in [7, 11) is 0. The molecule has 0 unspecified atom stereocenters. The Bertz CT molecular complexity index is 652. The molecule has 6 nitrogen and oxygen atoms in total. The van der Waals surface area contributed by atoms with E-state index in [4.69, 9.17) is 9.47 Å². The van der Waals surface area contributed by atoms with Gasteiger partial charge < -0.3 is 14.8 Å². The molecule has 0 aliphatic heterocycles. The molecule has 0 radical (unpaired) electrons. The van der Waals surface area contributed by atoms with Gasteiger partial charge >= 0.3 is 0 Å². The molecule has 1 heterocycles. The van der Waals surface area contributed by atoms with E-state index >= 15 is 0 Å². The Balaban J connectivity index is 2.01. The van der Waals surface area contributed by atoms with Gasteiger partial charge in [-0.2, -0.15) is 5.10 Å². The van der Waals surface area contributed by atoms with E-state index in [-0.39, 0.29) is 5.91 Å². The minimum atomic E-state index is -0.142. The zero-order chi connectivity index (χ0) is 16.7. The summed E-state index contributed by atoms with van der Waals surface area (Å²) in [5.74, 6) is 1.27. The van der Waals surface area contributed by atoms with Gasteiger partial charge in [-0.25, -0.2) is 0 Å². The van der Waals surface area contributed by atoms with E-state index in [0.29, 0.717) is 36.8 Å². The molecular formula is C17H23N3O3. The second-order valence-electron chi connectivity index (χ2n) is 4.91. The van der Waals surface area contributed by atoms with Crippen molar-refractivity contribution < 1.29 is 14.3 Å². The van der Waals surface area contributed by atoms with Crippen molar-refractivity contribution in [3.63, 3.8) is 0 Å². The summed E-state index contributed by atoms with van der Waals surface area (Å²) in [5.41, 5.74) is 1.51. The quantitative estimate of drug-likeness (QED) is 0.813. The van der Waals surface area contributed by atoms with Crippen LogP contribution in [0.2, 0.25) is 0 Å². The monoisotopic (exact) mass is 317 g/mol. The van der Waals surface area contributed by atoms with Crippen molar-refractivity contribution in [3.05, 3.63) is 41.7 Å². The van der Waals surface area contributed by atoms with E-state index in [9.17, 15) is 4.79 Å². The van der Waals surface area contributed by atoms with Crippen LogP contribution in [-0.2, 0) is 13.1 Å². The Morgan fingerprint density at radius 2 is 1.91 bits per heavy atom. The first-order valence-electron chi connectivity index (χ1n) is 7.87. The number of ether oxygens (including phenoxy) is 2. The van der Waals surface area contributed by atoms with E-state index in [0.717, 1.165) is 12.1 Å². The van der Waals surface area contributed by atoms with Crippen LogP contribution in [0.3, 0.4) is 0 Å². The van der Waals surface area contributed by atoms with Crippen LogP contribution in [0.5, 0.6) is 11.5 Å². The molecule has 2 rings (SSSR count). The fourth-order valence-corrected chi connectivity index (χ4v) is 2.14. The van der Waals surface area contributed by atoms with Crippen molar-refractivity contribution in [1.82, 2.24) is 15.1 Å². The van der Waals surface area contributed by atoms with E-state index in [2.05, 4.69) is 10.4 Å². The molecule has 0 bridgehead atoms. The second kappa shape index (κ2) is 8.22. The molecule has 0 saturated carbocycles. The number of aryl methyl sites for hydroxylation is 1. The first-order valence-corrected chi connectivity index (χ1v) is 7.87. The molecule has 0 saturated heterocycles. The van der Waals surface area contributed by atoms with Gasteiger partial charge in [-0.3, -0.25) is 9.48 Å². The second-order valence-corrected chi connectivity index (χ2v) is 4.91. The lowest BCUT2D eigenvalue weighted by Gasteiger charge is -2.12. The highest BCUT2D eigenvalue weighted by atomic mass is 16.5. The van der Waals surface area contributed by atoms with Crippen molar-refractivity contribution in [2.24, 2.45) is 0 Å². The van der Waals surface area contributed by atoms with Crippen LogP contribution in [0.4, 0.5) is 0 Å². The maximum absolute atomic E-state index is 12.1. The Hall–Kier alpha value is -2.50. The molecule has 0 aliphatic rings. The number of nitrogens with one attached hydrogen (secondary N) is 1. The SMILES string of the molecule is CCOc1ccc(CNC(=O)c2cnn(CC)c2)cc1OCC. The number of hydrogen-bond donors (Lipinski definition) is 1. The number of hydrogen-bond acceptors (Lipinski definition) is 4. The van der Waals surface area contributed by atoms with E-state index in [1.807, 2.05) is 39.0 Å². The highest BCUT2D eigenvalue weighted by Gasteiger charge is 2.10. The average Bonchev–Trinajstić information content (AvgIpc) is 3.04. The number of amides is 1. The van der Waals surface area contributed by atoms with Crippen LogP contribution in [0.1, 0.15) is 36.7 Å². The third-order valence-electron chi connectivity index (χ3n) is 3.28. The van der Waals surface area contributed by atoms with Gasteiger partial charge in [-0.1, -0.05) is 6.07 Å². The normalized spacial score (nSPS) is 10.4. The van der Waals surface area contributed by atoms with Gasteiger partial charge in [-0.15, -0.1) is 0 Å². The molecule has 124 valence electrons. The van der Waals surface area contributed by atoms with Crippen molar-refractivity contribution >= 4 is 5.91 Å². The molecule has 1 amide bonds. The smallest absolute Gasteiger partial charge is 0.254 e. The Morgan fingerprint density at radius 1 is 1.17 bits per heavy atom. The van der Waals surface area contributed by atoms with Crippen molar-refractivity contribution in [2.75, 3.05) is 13.2 Å². The van der Waals surface area contributed by atoms with Gasteiger partial charge in [0, 0.05) is 19.3 Å². The van der Waals surface area contributed by atoms with E-state index < -0.39 is 0 Å². The number of benzene rings is 1. The Morgan fingerprint density at radius 3 is 2.57 bits per heavy atom. The molecule has 1 aromatic carbocycles. The van der Waals surface area contributed by atoms with E-state index in [1.165, 1.54) is 0 Å². The molecule has 2 aromatic rings. The van der Waals surface area contributed by atoms with Crippen LogP contribution in [0, 0.1) is 0 Å². The van der Waals surface area contributed by atoms with Gasteiger partial charge in [0.05, 0.1) is 25.0 Å². The summed E-state index contributed by atoms with van der Waals surface area (Å²) >= 11 is 0. The molecule has 6 heteroatoms. The minimum absolute atomic E-state index is 0.142. The first kappa shape index (κ1) is 16.9. The maximum atomic E-state index is 12.1. The lowest BCUT2D eigenvalue weighted by Crippen LogP contribution is -2.22. The molecule has 0 fully saturated rings. The van der Waals surface area contributed by atoms with Crippen molar-refractivity contribution in [1.29, 1.82) is 0 Å². The fraction of sp³-hybridized carbons (Fsp3) is 0.412. The largest absolute Gasteiger partial charge is 0.490 e. The van der Waals surface area contributed by atoms with Crippen molar-refractivity contribution in [3.8, 4) is 11.5 Å². The highest BCUT2D eigenvalue weighted by molar-refractivity contribution is 5.93. The molecule has 23 heavy (non-hydrogen) atoms. The number of nitrogens with zero attached hydrogens (tertiary/aromatic N) is 2. The third-order valence-corrected chi connectivity index (χ3v) is 3.28. The summed E-state index contributed by atoms with van der Waals surface area (Å²) in [6.07, 6.45) is 3.31. The van der Waals surface area contributed by atoms with Gasteiger partial charge in [-0.05, 0) is 38.5 Å². The number of carbonyl (C=O) groups excluding carboxylic acids is 1. The molecular weight excluding hydrogens is 294 g/mol. The van der Waals surface area contributed by atoms with Gasteiger partial charge in [0.1, 0.15) is 0 Å². The van der Waals surface area contributed by atoms with Crippen LogP contribution in [0.25, 0.3) is 0 Å². The molecule has 1 aromatic heterocycles. The van der Waals surface area contributed by atoms with Crippen molar-refractivity contribution in [2.45, 2.75) is 33.9 Å². The van der Waals surface area contributed by atoms with Gasteiger partial charge in [0.2, 0.25) is 0 Å². The van der Waals surface area contributed by atoms with E-state index in [1.54, 1.807) is 17.1 Å². The molecule has 0 spiro atoms. The summed E-state index contributed by atoms with van der Waals surface area (Å²) in [5, 5.41) is 6.99. The summed E-state index contributed by atoms with van der Waals surface area (Å²) in [4.78, 5) is 12.1. The fourth-order valence-electron chi connectivity index (χ4n) is 2.14. The van der Waals surface area contributed by atoms with Crippen LogP contribution < -0.4 is 14.8 Å². The standard InChI is InChI=1S/C17H23N3O3/c1-4-20-12-14(11-19-20)17(21)18-10-13-7-8-15(22-5-2)16(9-13)23-6-3/h7-9,11-12H,4-6,10H2,1-3H3,(H,18,21). The highest BCUT2D eigenvalue weighted by Crippen LogP contribution is 2.28. The summed E-state index contributed by atoms with van der Waals surface area (Å²) in [6.45, 7) is 8.13. The lowest BCUT2D eigenvalue weighted by atomic mass is 10.2. The van der Waals surface area contributed by atoms with Crippen LogP contribution >= 0.6 is 0 Å². The minimum Gasteiger partial charge on any atom is -0.490 e. The Kier molecular flexibility index (Phi) is 6.02. The number of aromatic nitrogens is 2. The Labute approximate surface area is 136 Å². The van der Waals surface area contributed by atoms with Gasteiger partial charge in [0.25, 0.3) is 5.91 Å². The lowest BCUT2D eigenvalue weighted by molar-refractivity contribution is 0.0950. The zero-order valence-corrected chi connectivity index (χ0v) is 13.8. The van der Waals surface area contributed by atoms with Gasteiger partial charge in [0.15, 0.2) is 11.5 Å². The topological polar surface area (TPSA) is 65.4 Å². The predicted molar refractivity (Wildman–Crippen MR) is 87.9 cm³/mol. The third kappa shape index (κ3) is 4.48. The summed E-state index contributed by atoms with van der Waals surface area (Å²) in [6, 6.07) is 5.68. The molecule has 0 aliphatic carbocycles. The zero-order valence-electron chi connectivity index (χ0n) is 13.8. The van der Waals surface area contributed by atoms with Crippen LogP contribution in [-0.4, -0.2) is 28.9 Å². The van der Waals surface area contributed by atoms with Crippen LogP contribution in [0.15, 0.2) is 30.6 Å². The molecule has 1 N–H and O–H groups in total. The first-order chi connectivity index (χ1) is 11.2. The molecule has 0 atom stereocenters.